The fraction of sp³-hybridized carbons (Fsp3) is 0.444. The molecule has 0 saturated carbocycles. The zero-order chi connectivity index (χ0) is 17.3. The van der Waals surface area contributed by atoms with Crippen molar-refractivity contribution in [1.82, 2.24) is 5.16 Å². The fourth-order valence-electron chi connectivity index (χ4n) is 3.20. The monoisotopic (exact) mass is 346 g/mol. The summed E-state index contributed by atoms with van der Waals surface area (Å²) in [4.78, 5) is 14.6. The van der Waals surface area contributed by atoms with Crippen LogP contribution in [0, 0.1) is 13.8 Å². The minimum Gasteiger partial charge on any atom is -0.361 e. The molecule has 6 heteroatoms. The first-order valence-corrected chi connectivity index (χ1v) is 9.63. The van der Waals surface area contributed by atoms with Gasteiger partial charge in [-0.15, -0.1) is 0 Å². The Hall–Kier alpha value is -1.95. The molecule has 0 N–H and O–H groups in total. The molecule has 0 unspecified atom stereocenters. The maximum atomic E-state index is 12.8. The van der Waals surface area contributed by atoms with E-state index in [1.165, 1.54) is 5.56 Å². The largest absolute Gasteiger partial charge is 0.361 e. The molecule has 0 saturated heterocycles. The quantitative estimate of drug-likeness (QED) is 0.854. The van der Waals surface area contributed by atoms with Crippen LogP contribution in [0.5, 0.6) is 0 Å². The molecule has 1 aromatic heterocycles. The van der Waals surface area contributed by atoms with Gasteiger partial charge in [0.1, 0.15) is 11.5 Å². The zero-order valence-electron chi connectivity index (χ0n) is 14.2. The van der Waals surface area contributed by atoms with E-state index in [4.69, 9.17) is 4.52 Å². The average molecular weight is 346 g/mol. The molecule has 3 rings (SSSR count). The van der Waals surface area contributed by atoms with Crippen LogP contribution in [-0.4, -0.2) is 27.1 Å². The Bertz CT molecular complexity index is 765. The van der Waals surface area contributed by atoms with Crippen LogP contribution >= 0.6 is 0 Å². The minimum atomic E-state index is -1.28. The predicted molar refractivity (Wildman–Crippen MR) is 94.4 cm³/mol. The number of carbonyl (C=O) groups excluding carboxylic acids is 1. The van der Waals surface area contributed by atoms with Crippen LogP contribution in [0.4, 0.5) is 5.69 Å². The number of anilines is 1. The fourth-order valence-corrected chi connectivity index (χ4v) is 4.45. The highest BCUT2D eigenvalue weighted by Crippen LogP contribution is 2.30. The maximum absolute atomic E-state index is 12.8. The van der Waals surface area contributed by atoms with Crippen LogP contribution < -0.4 is 4.90 Å². The summed E-state index contributed by atoms with van der Waals surface area (Å²) in [5.41, 5.74) is 3.72. The molecule has 2 aromatic rings. The standard InChI is InChI=1S/C18H22N2O3S/c1-12-8-9-15-6-4-5-7-17(15)20(12)18(21)11-24(22)10-16-13(2)19-23-14(16)3/h4-7,12H,8-11H2,1-3H3/t12-,24-/m0/s1. The Kier molecular flexibility index (Phi) is 4.85. The molecular formula is C18H22N2O3S. The lowest BCUT2D eigenvalue weighted by Crippen LogP contribution is -2.44. The number of aryl methyl sites for hydroxylation is 3. The highest BCUT2D eigenvalue weighted by atomic mass is 32.2. The Morgan fingerprint density at radius 2 is 2.12 bits per heavy atom. The van der Waals surface area contributed by atoms with E-state index in [-0.39, 0.29) is 17.7 Å². The third-order valence-electron chi connectivity index (χ3n) is 4.56. The van der Waals surface area contributed by atoms with Crippen molar-refractivity contribution < 1.29 is 13.5 Å². The van der Waals surface area contributed by atoms with E-state index in [0.717, 1.165) is 29.8 Å². The van der Waals surface area contributed by atoms with Gasteiger partial charge in [-0.25, -0.2) is 0 Å². The van der Waals surface area contributed by atoms with Crippen molar-refractivity contribution in [3.05, 3.63) is 46.8 Å². The summed E-state index contributed by atoms with van der Waals surface area (Å²) in [5.74, 6) is 0.907. The number of amides is 1. The Morgan fingerprint density at radius 3 is 2.83 bits per heavy atom. The number of nitrogens with zero attached hydrogens (tertiary/aromatic N) is 2. The third kappa shape index (κ3) is 3.29. The Labute approximate surface area is 144 Å². The number of benzene rings is 1. The van der Waals surface area contributed by atoms with Gasteiger partial charge in [0.2, 0.25) is 5.91 Å². The lowest BCUT2D eigenvalue weighted by atomic mass is 9.97. The minimum absolute atomic E-state index is 0.0166. The maximum Gasteiger partial charge on any atom is 0.239 e. The molecule has 0 radical (unpaired) electrons. The molecular weight excluding hydrogens is 324 g/mol. The molecule has 24 heavy (non-hydrogen) atoms. The number of carbonyl (C=O) groups is 1. The van der Waals surface area contributed by atoms with Gasteiger partial charge >= 0.3 is 0 Å². The van der Waals surface area contributed by atoms with E-state index >= 15 is 0 Å². The van der Waals surface area contributed by atoms with Crippen LogP contribution in [0.15, 0.2) is 28.8 Å². The molecule has 1 amide bonds. The van der Waals surface area contributed by atoms with Gasteiger partial charge in [-0.05, 0) is 45.2 Å². The van der Waals surface area contributed by atoms with Crippen molar-refractivity contribution in [1.29, 1.82) is 0 Å². The first-order chi connectivity index (χ1) is 11.5. The second-order valence-corrected chi connectivity index (χ2v) is 7.77. The molecule has 2 atom stereocenters. The number of hydrogen-bond donors (Lipinski definition) is 0. The van der Waals surface area contributed by atoms with Crippen molar-refractivity contribution in [3.8, 4) is 0 Å². The molecule has 5 nitrogen and oxygen atoms in total. The summed E-state index contributed by atoms with van der Waals surface area (Å²) in [6.45, 7) is 5.68. The third-order valence-corrected chi connectivity index (χ3v) is 5.74. The van der Waals surface area contributed by atoms with E-state index in [9.17, 15) is 9.00 Å². The van der Waals surface area contributed by atoms with Gasteiger partial charge in [-0.2, -0.15) is 0 Å². The molecule has 0 spiro atoms. The number of rotatable bonds is 4. The van der Waals surface area contributed by atoms with E-state index in [2.05, 4.69) is 11.2 Å². The van der Waals surface area contributed by atoms with Gasteiger partial charge in [-0.1, -0.05) is 23.4 Å². The molecule has 2 heterocycles. The van der Waals surface area contributed by atoms with Crippen molar-refractivity contribution >= 4 is 22.4 Å². The van der Waals surface area contributed by atoms with Gasteiger partial charge in [0.05, 0.1) is 11.4 Å². The first-order valence-electron chi connectivity index (χ1n) is 8.14. The van der Waals surface area contributed by atoms with Crippen LogP contribution in [-0.2, 0) is 27.8 Å². The van der Waals surface area contributed by atoms with Crippen LogP contribution in [0.1, 0.15) is 35.9 Å². The predicted octanol–water partition coefficient (Wildman–Crippen LogP) is 2.91. The summed E-state index contributed by atoms with van der Waals surface area (Å²) in [5, 5.41) is 3.88. The second-order valence-electron chi connectivity index (χ2n) is 6.31. The van der Waals surface area contributed by atoms with E-state index in [1.54, 1.807) is 6.92 Å². The highest BCUT2D eigenvalue weighted by Gasteiger charge is 2.29. The topological polar surface area (TPSA) is 63.4 Å². The van der Waals surface area contributed by atoms with Crippen molar-refractivity contribution in [2.75, 3.05) is 10.7 Å². The SMILES string of the molecule is Cc1noc(C)c1C[S@](=O)CC(=O)N1c2ccccc2CC[C@@H]1C. The normalized spacial score (nSPS) is 18.3. The van der Waals surface area contributed by atoms with Gasteiger partial charge < -0.3 is 9.42 Å². The lowest BCUT2D eigenvalue weighted by molar-refractivity contribution is -0.116. The summed E-state index contributed by atoms with van der Waals surface area (Å²) in [6, 6.07) is 8.09. The summed E-state index contributed by atoms with van der Waals surface area (Å²) < 4.78 is 17.6. The van der Waals surface area contributed by atoms with Gasteiger partial charge in [0, 0.05) is 28.1 Å². The molecule has 0 aliphatic carbocycles. The van der Waals surface area contributed by atoms with E-state index in [0.29, 0.717) is 11.5 Å². The molecule has 0 fully saturated rings. The Morgan fingerprint density at radius 1 is 1.38 bits per heavy atom. The average Bonchev–Trinajstić information content (AvgIpc) is 2.86. The molecule has 1 aromatic carbocycles. The first kappa shape index (κ1) is 16.9. The second kappa shape index (κ2) is 6.89. The summed E-state index contributed by atoms with van der Waals surface area (Å²) >= 11 is 0. The molecule has 0 bridgehead atoms. The molecule has 1 aliphatic rings. The zero-order valence-corrected chi connectivity index (χ0v) is 15.1. The number of para-hydroxylation sites is 1. The van der Waals surface area contributed by atoms with Crippen LogP contribution in [0.25, 0.3) is 0 Å². The van der Waals surface area contributed by atoms with Gasteiger partial charge in [-0.3, -0.25) is 9.00 Å². The number of fused-ring (bicyclic) bond motifs is 1. The summed E-state index contributed by atoms with van der Waals surface area (Å²) in [6.07, 6.45) is 1.91. The molecule has 1 aliphatic heterocycles. The van der Waals surface area contributed by atoms with Crippen molar-refractivity contribution in [2.45, 2.75) is 45.4 Å². The lowest BCUT2D eigenvalue weighted by Gasteiger charge is -2.35. The van der Waals surface area contributed by atoms with Crippen molar-refractivity contribution in [2.24, 2.45) is 0 Å². The smallest absolute Gasteiger partial charge is 0.239 e. The van der Waals surface area contributed by atoms with Crippen LogP contribution in [0.2, 0.25) is 0 Å². The summed E-state index contributed by atoms with van der Waals surface area (Å²) in [7, 11) is -1.28. The number of aromatic nitrogens is 1. The van der Waals surface area contributed by atoms with Gasteiger partial charge in [0.15, 0.2) is 0 Å². The van der Waals surface area contributed by atoms with Crippen molar-refractivity contribution in [3.63, 3.8) is 0 Å². The Balaban J connectivity index is 1.74. The van der Waals surface area contributed by atoms with Gasteiger partial charge in [0.25, 0.3) is 0 Å². The molecule has 128 valence electrons. The number of hydrogen-bond acceptors (Lipinski definition) is 4. The van der Waals surface area contributed by atoms with Crippen LogP contribution in [0.3, 0.4) is 0 Å². The highest BCUT2D eigenvalue weighted by molar-refractivity contribution is 7.85. The van der Waals surface area contributed by atoms with E-state index in [1.807, 2.05) is 36.9 Å². The van der Waals surface area contributed by atoms with E-state index < -0.39 is 10.8 Å².